The molecule has 0 radical (unpaired) electrons. The lowest BCUT2D eigenvalue weighted by atomic mass is 9.92. The Bertz CT molecular complexity index is 490. The van der Waals surface area contributed by atoms with Crippen molar-refractivity contribution >= 4 is 27.6 Å². The normalized spacial score (nSPS) is 10.8. The number of nitriles is 1. The van der Waals surface area contributed by atoms with E-state index in [9.17, 15) is 9.90 Å². The number of nitrogens with one attached hydrogen (secondary N) is 1. The number of carbonyl (C=O) groups is 1. The van der Waals surface area contributed by atoms with Crippen LogP contribution in [0, 0.1) is 11.3 Å². The highest BCUT2D eigenvalue weighted by molar-refractivity contribution is 9.10. The molecule has 0 saturated heterocycles. The van der Waals surface area contributed by atoms with Crippen molar-refractivity contribution in [3.05, 3.63) is 28.2 Å². The minimum Gasteiger partial charge on any atom is -0.480 e. The van der Waals surface area contributed by atoms with Crippen LogP contribution in [0.25, 0.3) is 0 Å². The minimum atomic E-state index is -0.976. The molecular weight excluding hydrogens is 296 g/mol. The van der Waals surface area contributed by atoms with E-state index in [0.29, 0.717) is 28.6 Å². The van der Waals surface area contributed by atoms with Crippen LogP contribution in [0.5, 0.6) is 0 Å². The molecule has 1 rings (SSSR count). The quantitative estimate of drug-likeness (QED) is 0.874. The molecule has 5 heteroatoms. The number of aliphatic carboxylic acids is 1. The molecule has 0 unspecified atom stereocenters. The summed E-state index contributed by atoms with van der Waals surface area (Å²) in [5.74, 6) is -0.872. The lowest BCUT2D eigenvalue weighted by Gasteiger charge is -2.29. The highest BCUT2D eigenvalue weighted by Gasteiger charge is 2.34. The van der Waals surface area contributed by atoms with E-state index in [-0.39, 0.29) is 0 Å². The lowest BCUT2D eigenvalue weighted by molar-refractivity contribution is -0.142. The van der Waals surface area contributed by atoms with Crippen LogP contribution in [-0.2, 0) is 4.79 Å². The zero-order chi connectivity index (χ0) is 13.8. The summed E-state index contributed by atoms with van der Waals surface area (Å²) in [5, 5.41) is 21.2. The van der Waals surface area contributed by atoms with Gasteiger partial charge in [-0.2, -0.15) is 5.26 Å². The van der Waals surface area contributed by atoms with Crippen LogP contribution < -0.4 is 5.32 Å². The Morgan fingerprint density at radius 2 is 2.11 bits per heavy atom. The van der Waals surface area contributed by atoms with Gasteiger partial charge in [0.15, 0.2) is 0 Å². The molecule has 1 aromatic rings. The summed E-state index contributed by atoms with van der Waals surface area (Å²) in [7, 11) is 0. The molecule has 0 heterocycles. The van der Waals surface area contributed by atoms with Crippen molar-refractivity contribution in [2.45, 2.75) is 32.2 Å². The Morgan fingerprint density at radius 1 is 1.50 bits per heavy atom. The molecule has 0 fully saturated rings. The second-order valence-electron chi connectivity index (χ2n) is 4.03. The fourth-order valence-corrected chi connectivity index (χ4v) is 2.20. The summed E-state index contributed by atoms with van der Waals surface area (Å²) in [5.41, 5.74) is 0.234. The maximum absolute atomic E-state index is 11.4. The minimum absolute atomic E-state index is 0.477. The third-order valence-corrected chi connectivity index (χ3v) is 3.74. The number of hydrogen-bond donors (Lipinski definition) is 2. The Labute approximate surface area is 115 Å². The average Bonchev–Trinajstić information content (AvgIpc) is 2.37. The van der Waals surface area contributed by atoms with Gasteiger partial charge in [0, 0.05) is 10.2 Å². The van der Waals surface area contributed by atoms with E-state index in [1.807, 2.05) is 19.9 Å². The van der Waals surface area contributed by atoms with Crippen LogP contribution >= 0.6 is 15.9 Å². The lowest BCUT2D eigenvalue weighted by Crippen LogP contribution is -2.45. The number of benzene rings is 1. The number of carboxylic acid groups (broad SMARTS) is 1. The predicted octanol–water partition coefficient (Wildman–Crippen LogP) is 3.38. The van der Waals surface area contributed by atoms with Crippen molar-refractivity contribution in [2.24, 2.45) is 0 Å². The Balaban J connectivity index is 3.10. The monoisotopic (exact) mass is 310 g/mol. The van der Waals surface area contributed by atoms with Gasteiger partial charge in [0.05, 0.1) is 11.6 Å². The fraction of sp³-hybridized carbons (Fsp3) is 0.385. The summed E-state index contributed by atoms with van der Waals surface area (Å²) in [6.45, 7) is 3.67. The standard InChI is InChI=1S/C13H15BrN2O2/c1-3-13(4-2,12(17)18)16-11-6-5-9(8-15)7-10(11)14/h5-7,16H,3-4H2,1-2H3,(H,17,18). The molecular formula is C13H15BrN2O2. The number of hydrogen-bond acceptors (Lipinski definition) is 3. The van der Waals surface area contributed by atoms with Crippen LogP contribution in [-0.4, -0.2) is 16.6 Å². The molecule has 0 aliphatic rings. The van der Waals surface area contributed by atoms with Gasteiger partial charge in [-0.15, -0.1) is 0 Å². The van der Waals surface area contributed by atoms with E-state index in [2.05, 4.69) is 21.2 Å². The van der Waals surface area contributed by atoms with Crippen molar-refractivity contribution in [3.8, 4) is 6.07 Å². The smallest absolute Gasteiger partial charge is 0.329 e. The Hall–Kier alpha value is -1.54. The zero-order valence-electron chi connectivity index (χ0n) is 10.3. The third-order valence-electron chi connectivity index (χ3n) is 3.09. The molecule has 4 nitrogen and oxygen atoms in total. The third kappa shape index (κ3) is 2.82. The highest BCUT2D eigenvalue weighted by Crippen LogP contribution is 2.29. The first kappa shape index (κ1) is 14.5. The van der Waals surface area contributed by atoms with E-state index < -0.39 is 11.5 Å². The van der Waals surface area contributed by atoms with Gasteiger partial charge in [0.1, 0.15) is 5.54 Å². The molecule has 0 spiro atoms. The van der Waals surface area contributed by atoms with Crippen LogP contribution in [0.15, 0.2) is 22.7 Å². The van der Waals surface area contributed by atoms with Gasteiger partial charge >= 0.3 is 5.97 Å². The van der Waals surface area contributed by atoms with Gasteiger partial charge in [-0.05, 0) is 47.0 Å². The van der Waals surface area contributed by atoms with Gasteiger partial charge in [-0.3, -0.25) is 0 Å². The number of anilines is 1. The maximum atomic E-state index is 11.4. The molecule has 0 saturated carbocycles. The molecule has 96 valence electrons. The number of halogens is 1. The molecule has 1 aromatic carbocycles. The number of nitrogens with zero attached hydrogens (tertiary/aromatic N) is 1. The van der Waals surface area contributed by atoms with E-state index in [1.54, 1.807) is 18.2 Å². The fourth-order valence-electron chi connectivity index (χ4n) is 1.73. The topological polar surface area (TPSA) is 73.1 Å². The average molecular weight is 311 g/mol. The van der Waals surface area contributed by atoms with Gasteiger partial charge in [0.25, 0.3) is 0 Å². The van der Waals surface area contributed by atoms with E-state index in [0.717, 1.165) is 0 Å². The summed E-state index contributed by atoms with van der Waals surface area (Å²) in [6, 6.07) is 7.07. The molecule has 0 aliphatic heterocycles. The summed E-state index contributed by atoms with van der Waals surface area (Å²) >= 11 is 3.34. The van der Waals surface area contributed by atoms with Crippen molar-refractivity contribution in [2.75, 3.05) is 5.32 Å². The van der Waals surface area contributed by atoms with E-state index in [4.69, 9.17) is 5.26 Å². The Morgan fingerprint density at radius 3 is 2.50 bits per heavy atom. The second kappa shape index (κ2) is 5.87. The zero-order valence-corrected chi connectivity index (χ0v) is 11.9. The van der Waals surface area contributed by atoms with Crippen molar-refractivity contribution in [1.29, 1.82) is 5.26 Å². The maximum Gasteiger partial charge on any atom is 0.329 e. The van der Waals surface area contributed by atoms with Crippen LogP contribution in [0.4, 0.5) is 5.69 Å². The molecule has 0 bridgehead atoms. The molecule has 2 N–H and O–H groups in total. The summed E-state index contributed by atoms with van der Waals surface area (Å²) in [6.07, 6.45) is 0.955. The summed E-state index contributed by atoms with van der Waals surface area (Å²) in [4.78, 5) is 11.4. The predicted molar refractivity (Wildman–Crippen MR) is 73.4 cm³/mol. The summed E-state index contributed by atoms with van der Waals surface area (Å²) < 4.78 is 0.689. The number of rotatable bonds is 5. The molecule has 0 atom stereocenters. The second-order valence-corrected chi connectivity index (χ2v) is 4.88. The molecule has 0 amide bonds. The largest absolute Gasteiger partial charge is 0.480 e. The van der Waals surface area contributed by atoms with Crippen molar-refractivity contribution in [1.82, 2.24) is 0 Å². The van der Waals surface area contributed by atoms with E-state index in [1.165, 1.54) is 0 Å². The van der Waals surface area contributed by atoms with Gasteiger partial charge in [-0.1, -0.05) is 13.8 Å². The Kier molecular flexibility index (Phi) is 4.74. The molecule has 18 heavy (non-hydrogen) atoms. The first-order valence-corrected chi connectivity index (χ1v) is 6.49. The van der Waals surface area contributed by atoms with Crippen LogP contribution in [0.2, 0.25) is 0 Å². The highest BCUT2D eigenvalue weighted by atomic mass is 79.9. The van der Waals surface area contributed by atoms with E-state index >= 15 is 0 Å². The van der Waals surface area contributed by atoms with Gasteiger partial charge < -0.3 is 10.4 Å². The van der Waals surface area contributed by atoms with Gasteiger partial charge in [0.2, 0.25) is 0 Å². The number of carboxylic acids is 1. The van der Waals surface area contributed by atoms with Crippen molar-refractivity contribution in [3.63, 3.8) is 0 Å². The first-order chi connectivity index (χ1) is 8.49. The van der Waals surface area contributed by atoms with Gasteiger partial charge in [-0.25, -0.2) is 4.79 Å². The van der Waals surface area contributed by atoms with Crippen LogP contribution in [0.3, 0.4) is 0 Å². The molecule has 0 aliphatic carbocycles. The van der Waals surface area contributed by atoms with Crippen LogP contribution in [0.1, 0.15) is 32.3 Å². The van der Waals surface area contributed by atoms with Crippen molar-refractivity contribution < 1.29 is 9.90 Å². The molecule has 0 aromatic heterocycles. The SMILES string of the molecule is CCC(CC)(Nc1ccc(C#N)cc1Br)C(=O)O. The first-order valence-electron chi connectivity index (χ1n) is 5.70.